The minimum absolute atomic E-state index is 0.127. The second-order valence-electron chi connectivity index (χ2n) is 4.74. The molecule has 0 radical (unpaired) electrons. The summed E-state index contributed by atoms with van der Waals surface area (Å²) < 4.78 is 15.0. The largest absolute Gasteiger partial charge is 0.465 e. The molecule has 0 aliphatic carbocycles. The predicted molar refractivity (Wildman–Crippen MR) is 75.6 cm³/mol. The smallest absolute Gasteiger partial charge is 0.405 e. The van der Waals surface area contributed by atoms with Crippen LogP contribution in [-0.2, 0) is 0 Å². The molecule has 1 atom stereocenters. The van der Waals surface area contributed by atoms with Gasteiger partial charge in [0.05, 0.1) is 11.6 Å². The van der Waals surface area contributed by atoms with Crippen LogP contribution in [0.5, 0.6) is 0 Å². The Morgan fingerprint density at radius 3 is 2.71 bits per heavy atom. The van der Waals surface area contributed by atoms with Gasteiger partial charge in [-0.2, -0.15) is 0 Å². The summed E-state index contributed by atoms with van der Waals surface area (Å²) in [6, 6.07) is 3.41. The molecule has 7 nitrogen and oxygen atoms in total. The zero-order valence-corrected chi connectivity index (χ0v) is 11.8. The van der Waals surface area contributed by atoms with Crippen molar-refractivity contribution in [1.82, 2.24) is 15.0 Å². The van der Waals surface area contributed by atoms with E-state index in [1.54, 1.807) is 21.0 Å². The molecule has 0 aliphatic rings. The normalized spacial score (nSPS) is 12.2. The van der Waals surface area contributed by atoms with Crippen molar-refractivity contribution in [2.24, 2.45) is 0 Å². The molecule has 0 aliphatic heterocycles. The summed E-state index contributed by atoms with van der Waals surface area (Å²) in [6.45, 7) is 1.56. The maximum Gasteiger partial charge on any atom is 0.405 e. The molecular weight excluding hydrogens is 279 g/mol. The molecule has 1 amide bonds. The molecule has 21 heavy (non-hydrogen) atoms. The van der Waals surface area contributed by atoms with E-state index in [2.05, 4.69) is 10.3 Å². The third-order valence-electron chi connectivity index (χ3n) is 2.98. The Hall–Kier alpha value is -2.64. The van der Waals surface area contributed by atoms with Crippen LogP contribution in [0.2, 0.25) is 0 Å². The monoisotopic (exact) mass is 294 g/mol. The number of carboxylic acid groups (broad SMARTS) is 1. The number of nitrogens with zero attached hydrogens (tertiary/aromatic N) is 3. The molecule has 1 aromatic carbocycles. The number of hydrogen-bond acceptors (Lipinski definition) is 4. The lowest BCUT2D eigenvalue weighted by molar-refractivity contribution is 0.190. The molecule has 1 heterocycles. The first kappa shape index (κ1) is 14.8. The minimum atomic E-state index is -1.23. The summed E-state index contributed by atoms with van der Waals surface area (Å²) in [4.78, 5) is 27.5. The summed E-state index contributed by atoms with van der Waals surface area (Å²) in [5.74, 6) is -0.475. The molecule has 1 unspecified atom stereocenters. The van der Waals surface area contributed by atoms with Crippen LogP contribution in [0.1, 0.15) is 18.8 Å². The van der Waals surface area contributed by atoms with Gasteiger partial charge in [-0.3, -0.25) is 4.79 Å². The SMILES string of the molecule is CC(NC(=O)O)c1nc2cccc(F)c2c(=O)n1N(C)C. The molecule has 0 spiro atoms. The molecule has 1 aromatic heterocycles. The van der Waals surface area contributed by atoms with Crippen molar-refractivity contribution in [3.8, 4) is 0 Å². The van der Waals surface area contributed by atoms with Crippen LogP contribution in [0, 0.1) is 5.82 Å². The lowest BCUT2D eigenvalue weighted by Crippen LogP contribution is -2.42. The predicted octanol–water partition coefficient (Wildman–Crippen LogP) is 1.06. The van der Waals surface area contributed by atoms with Crippen molar-refractivity contribution < 1.29 is 14.3 Å². The van der Waals surface area contributed by atoms with Crippen LogP contribution < -0.4 is 15.9 Å². The number of halogens is 1. The molecule has 2 N–H and O–H groups in total. The topological polar surface area (TPSA) is 87.5 Å². The molecule has 0 saturated carbocycles. The van der Waals surface area contributed by atoms with Crippen LogP contribution in [-0.4, -0.2) is 35.0 Å². The molecule has 2 rings (SSSR count). The third-order valence-corrected chi connectivity index (χ3v) is 2.98. The Morgan fingerprint density at radius 1 is 1.48 bits per heavy atom. The van der Waals surface area contributed by atoms with Gasteiger partial charge in [-0.15, -0.1) is 0 Å². The first-order valence-corrected chi connectivity index (χ1v) is 6.21. The number of carbonyl (C=O) groups is 1. The van der Waals surface area contributed by atoms with Gasteiger partial charge < -0.3 is 15.4 Å². The molecule has 0 saturated heterocycles. The molecule has 0 fully saturated rings. The van der Waals surface area contributed by atoms with Gasteiger partial charge in [0.2, 0.25) is 0 Å². The fourth-order valence-corrected chi connectivity index (χ4v) is 2.11. The van der Waals surface area contributed by atoms with E-state index in [0.29, 0.717) is 0 Å². The van der Waals surface area contributed by atoms with Gasteiger partial charge in [0.15, 0.2) is 5.82 Å². The van der Waals surface area contributed by atoms with E-state index >= 15 is 0 Å². The van der Waals surface area contributed by atoms with E-state index < -0.39 is 23.5 Å². The first-order chi connectivity index (χ1) is 9.82. The fraction of sp³-hybridized carbons (Fsp3) is 0.308. The number of fused-ring (bicyclic) bond motifs is 1. The quantitative estimate of drug-likeness (QED) is 0.884. The number of benzene rings is 1. The van der Waals surface area contributed by atoms with E-state index in [4.69, 9.17) is 5.11 Å². The van der Waals surface area contributed by atoms with Crippen molar-refractivity contribution in [2.45, 2.75) is 13.0 Å². The number of aromatic nitrogens is 2. The van der Waals surface area contributed by atoms with E-state index in [1.165, 1.54) is 23.2 Å². The van der Waals surface area contributed by atoms with Crippen LogP contribution >= 0.6 is 0 Å². The van der Waals surface area contributed by atoms with Crippen molar-refractivity contribution in [2.75, 3.05) is 19.1 Å². The van der Waals surface area contributed by atoms with Crippen molar-refractivity contribution in [3.63, 3.8) is 0 Å². The summed E-state index contributed by atoms with van der Waals surface area (Å²) in [7, 11) is 3.18. The average molecular weight is 294 g/mol. The highest BCUT2D eigenvalue weighted by molar-refractivity contribution is 5.78. The first-order valence-electron chi connectivity index (χ1n) is 6.21. The van der Waals surface area contributed by atoms with Gasteiger partial charge in [0.1, 0.15) is 11.2 Å². The number of hydrogen-bond donors (Lipinski definition) is 2. The molecule has 112 valence electrons. The highest BCUT2D eigenvalue weighted by Crippen LogP contribution is 2.16. The van der Waals surface area contributed by atoms with Gasteiger partial charge in [-0.1, -0.05) is 6.07 Å². The highest BCUT2D eigenvalue weighted by atomic mass is 19.1. The Bertz CT molecular complexity index is 757. The van der Waals surface area contributed by atoms with Crippen molar-refractivity contribution in [1.29, 1.82) is 0 Å². The summed E-state index contributed by atoms with van der Waals surface area (Å²) in [6.07, 6.45) is -1.23. The summed E-state index contributed by atoms with van der Waals surface area (Å²) >= 11 is 0. The highest BCUT2D eigenvalue weighted by Gasteiger charge is 2.20. The zero-order valence-electron chi connectivity index (χ0n) is 11.8. The van der Waals surface area contributed by atoms with Crippen LogP contribution in [0.3, 0.4) is 0 Å². The maximum atomic E-state index is 13.9. The molecule has 2 aromatic rings. The summed E-state index contributed by atoms with van der Waals surface area (Å²) in [5, 5.41) is 12.3. The Labute approximate surface area is 119 Å². The van der Waals surface area contributed by atoms with Crippen molar-refractivity contribution >= 4 is 17.0 Å². The van der Waals surface area contributed by atoms with Gasteiger partial charge in [-0.05, 0) is 19.1 Å². The fourth-order valence-electron chi connectivity index (χ4n) is 2.11. The maximum absolute atomic E-state index is 13.9. The Kier molecular flexibility index (Phi) is 3.79. The van der Waals surface area contributed by atoms with E-state index in [9.17, 15) is 14.0 Å². The van der Waals surface area contributed by atoms with Crippen LogP contribution in [0.15, 0.2) is 23.0 Å². The van der Waals surface area contributed by atoms with Gasteiger partial charge in [0.25, 0.3) is 5.56 Å². The van der Waals surface area contributed by atoms with Crippen LogP contribution in [0.4, 0.5) is 9.18 Å². The van der Waals surface area contributed by atoms with Crippen molar-refractivity contribution in [3.05, 3.63) is 40.2 Å². The minimum Gasteiger partial charge on any atom is -0.465 e. The Balaban J connectivity index is 2.78. The second kappa shape index (κ2) is 5.39. The van der Waals surface area contributed by atoms with Gasteiger partial charge in [-0.25, -0.2) is 18.8 Å². The number of amides is 1. The van der Waals surface area contributed by atoms with Crippen LogP contribution in [0.25, 0.3) is 10.9 Å². The lowest BCUT2D eigenvalue weighted by Gasteiger charge is -2.23. The lowest BCUT2D eigenvalue weighted by atomic mass is 10.2. The standard InChI is InChI=1S/C13H15FN4O3/c1-7(15-13(20)21)11-16-9-6-4-5-8(14)10(9)12(19)18(11)17(2)3/h4-7,15H,1-3H3,(H,20,21). The number of rotatable bonds is 3. The molecule has 8 heteroatoms. The van der Waals surface area contributed by atoms with Gasteiger partial charge >= 0.3 is 6.09 Å². The van der Waals surface area contributed by atoms with E-state index in [0.717, 1.165) is 4.68 Å². The summed E-state index contributed by atoms with van der Waals surface area (Å²) in [5.41, 5.74) is -0.399. The number of nitrogens with one attached hydrogen (secondary N) is 1. The Morgan fingerprint density at radius 2 is 2.14 bits per heavy atom. The third kappa shape index (κ3) is 2.64. The van der Waals surface area contributed by atoms with E-state index in [1.807, 2.05) is 0 Å². The molecular formula is C13H15FN4O3. The van der Waals surface area contributed by atoms with Gasteiger partial charge in [0, 0.05) is 14.1 Å². The second-order valence-corrected chi connectivity index (χ2v) is 4.74. The average Bonchev–Trinajstić information content (AvgIpc) is 2.36. The van der Waals surface area contributed by atoms with E-state index in [-0.39, 0.29) is 16.7 Å². The molecule has 0 bridgehead atoms. The zero-order chi connectivity index (χ0) is 15.7.